The van der Waals surface area contributed by atoms with E-state index in [1.54, 1.807) is 0 Å². The van der Waals surface area contributed by atoms with Crippen LogP contribution >= 0.6 is 0 Å². The summed E-state index contributed by atoms with van der Waals surface area (Å²) in [7, 11) is 1.94. The first-order valence-electron chi connectivity index (χ1n) is 4.80. The van der Waals surface area contributed by atoms with Crippen molar-refractivity contribution in [2.75, 3.05) is 0 Å². The van der Waals surface area contributed by atoms with Crippen LogP contribution in [0.1, 0.15) is 26.3 Å². The Morgan fingerprint density at radius 1 is 1.46 bits per heavy atom. The molecule has 13 heavy (non-hydrogen) atoms. The quantitative estimate of drug-likeness (QED) is 0.764. The van der Waals surface area contributed by atoms with E-state index in [2.05, 4.69) is 31.2 Å². The van der Waals surface area contributed by atoms with Gasteiger partial charge in [-0.25, -0.2) is 0 Å². The molecular formula is C10H19N3. The maximum Gasteiger partial charge on any atom is 0.0534 e. The fourth-order valence-electron chi connectivity index (χ4n) is 1.08. The van der Waals surface area contributed by atoms with Gasteiger partial charge in [-0.05, 0) is 12.8 Å². The largest absolute Gasteiger partial charge is 0.310 e. The minimum atomic E-state index is 0.556. The number of nitrogens with one attached hydrogen (secondary N) is 1. The first-order valence-corrected chi connectivity index (χ1v) is 4.80. The van der Waals surface area contributed by atoms with Crippen LogP contribution in [-0.4, -0.2) is 15.8 Å². The fraction of sp³-hybridized carbons (Fsp3) is 0.700. The van der Waals surface area contributed by atoms with Crippen LogP contribution < -0.4 is 5.32 Å². The van der Waals surface area contributed by atoms with E-state index < -0.39 is 0 Å². The van der Waals surface area contributed by atoms with E-state index in [9.17, 15) is 0 Å². The van der Waals surface area contributed by atoms with Gasteiger partial charge in [0.1, 0.15) is 0 Å². The van der Waals surface area contributed by atoms with E-state index in [4.69, 9.17) is 0 Å². The van der Waals surface area contributed by atoms with Gasteiger partial charge in [-0.3, -0.25) is 4.68 Å². The highest BCUT2D eigenvalue weighted by Gasteiger charge is 2.05. The number of aromatic nitrogens is 2. The van der Waals surface area contributed by atoms with Gasteiger partial charge in [0.2, 0.25) is 0 Å². The summed E-state index contributed by atoms with van der Waals surface area (Å²) >= 11 is 0. The van der Waals surface area contributed by atoms with E-state index in [1.807, 2.05) is 24.1 Å². The Labute approximate surface area is 80.1 Å². The second kappa shape index (κ2) is 4.42. The molecule has 0 aliphatic carbocycles. The fourth-order valence-corrected chi connectivity index (χ4v) is 1.08. The molecule has 0 saturated carbocycles. The lowest BCUT2D eigenvalue weighted by atomic mass is 10.1. The third-order valence-electron chi connectivity index (χ3n) is 2.39. The highest BCUT2D eigenvalue weighted by molar-refractivity contribution is 5.02. The highest BCUT2D eigenvalue weighted by atomic mass is 15.2. The first kappa shape index (κ1) is 10.3. The van der Waals surface area contributed by atoms with Crippen LogP contribution in [0.3, 0.4) is 0 Å². The van der Waals surface area contributed by atoms with E-state index in [-0.39, 0.29) is 0 Å². The van der Waals surface area contributed by atoms with Crippen molar-refractivity contribution in [2.45, 2.75) is 33.4 Å². The van der Waals surface area contributed by atoms with E-state index in [1.165, 1.54) is 5.56 Å². The third-order valence-corrected chi connectivity index (χ3v) is 2.39. The molecule has 3 nitrogen and oxygen atoms in total. The van der Waals surface area contributed by atoms with Gasteiger partial charge in [-0.2, -0.15) is 5.10 Å². The number of nitrogens with zero attached hydrogens (tertiary/aromatic N) is 2. The zero-order valence-electron chi connectivity index (χ0n) is 8.91. The Morgan fingerprint density at radius 2 is 2.15 bits per heavy atom. The van der Waals surface area contributed by atoms with Crippen molar-refractivity contribution in [1.82, 2.24) is 15.1 Å². The Kier molecular flexibility index (Phi) is 3.48. The first-order chi connectivity index (χ1) is 6.09. The summed E-state index contributed by atoms with van der Waals surface area (Å²) in [6.07, 6.45) is 3.94. The van der Waals surface area contributed by atoms with Gasteiger partial charge in [0.25, 0.3) is 0 Å². The molecule has 0 amide bonds. The van der Waals surface area contributed by atoms with Crippen molar-refractivity contribution in [3.63, 3.8) is 0 Å². The minimum Gasteiger partial charge on any atom is -0.310 e. The molecule has 1 aromatic heterocycles. The van der Waals surface area contributed by atoms with Gasteiger partial charge in [0, 0.05) is 31.4 Å². The van der Waals surface area contributed by atoms with Crippen LogP contribution in [0, 0.1) is 5.92 Å². The molecular weight excluding hydrogens is 162 g/mol. The Morgan fingerprint density at radius 3 is 2.62 bits per heavy atom. The van der Waals surface area contributed by atoms with Crippen LogP contribution in [0.4, 0.5) is 0 Å². The van der Waals surface area contributed by atoms with Crippen LogP contribution in [0.5, 0.6) is 0 Å². The normalized spacial score (nSPS) is 13.6. The lowest BCUT2D eigenvalue weighted by Crippen LogP contribution is -2.29. The molecule has 0 radical (unpaired) electrons. The lowest BCUT2D eigenvalue weighted by Gasteiger charge is -2.16. The number of rotatable bonds is 4. The standard InChI is InChI=1S/C10H19N3/c1-8(2)9(3)11-5-10-6-12-13(4)7-10/h6-9,11H,5H2,1-4H3. The molecule has 74 valence electrons. The predicted molar refractivity (Wildman–Crippen MR) is 54.3 cm³/mol. The second-order valence-corrected chi connectivity index (χ2v) is 3.94. The van der Waals surface area contributed by atoms with Gasteiger partial charge >= 0.3 is 0 Å². The van der Waals surface area contributed by atoms with Gasteiger partial charge in [-0.15, -0.1) is 0 Å². The van der Waals surface area contributed by atoms with Gasteiger partial charge in [0.15, 0.2) is 0 Å². The summed E-state index contributed by atoms with van der Waals surface area (Å²) in [5.74, 6) is 0.677. The van der Waals surface area contributed by atoms with Crippen molar-refractivity contribution in [2.24, 2.45) is 13.0 Å². The lowest BCUT2D eigenvalue weighted by molar-refractivity contribution is 0.426. The molecule has 0 saturated heterocycles. The Bertz CT molecular complexity index is 252. The van der Waals surface area contributed by atoms with Crippen LogP contribution in [0.15, 0.2) is 12.4 Å². The predicted octanol–water partition coefficient (Wildman–Crippen LogP) is 1.55. The third kappa shape index (κ3) is 3.19. The molecule has 1 unspecified atom stereocenters. The molecule has 0 bridgehead atoms. The highest BCUT2D eigenvalue weighted by Crippen LogP contribution is 2.02. The van der Waals surface area contributed by atoms with E-state index in [0.717, 1.165) is 6.54 Å². The summed E-state index contributed by atoms with van der Waals surface area (Å²) in [6, 6.07) is 0.556. The molecule has 0 spiro atoms. The summed E-state index contributed by atoms with van der Waals surface area (Å²) in [6.45, 7) is 7.57. The van der Waals surface area contributed by atoms with Crippen molar-refractivity contribution in [3.8, 4) is 0 Å². The molecule has 3 heteroatoms. The van der Waals surface area contributed by atoms with Gasteiger partial charge < -0.3 is 5.32 Å². The smallest absolute Gasteiger partial charge is 0.0534 e. The van der Waals surface area contributed by atoms with Crippen molar-refractivity contribution < 1.29 is 0 Å². The summed E-state index contributed by atoms with van der Waals surface area (Å²) in [5, 5.41) is 7.57. The van der Waals surface area contributed by atoms with Gasteiger partial charge in [-0.1, -0.05) is 13.8 Å². The number of aryl methyl sites for hydroxylation is 1. The van der Waals surface area contributed by atoms with Crippen LogP contribution in [-0.2, 0) is 13.6 Å². The Hall–Kier alpha value is -0.830. The molecule has 1 N–H and O–H groups in total. The van der Waals surface area contributed by atoms with Crippen LogP contribution in [0.2, 0.25) is 0 Å². The molecule has 1 atom stereocenters. The zero-order valence-corrected chi connectivity index (χ0v) is 8.91. The molecule has 1 aromatic rings. The Balaban J connectivity index is 2.35. The number of hydrogen-bond acceptors (Lipinski definition) is 2. The molecule has 0 fully saturated rings. The SMILES string of the molecule is CC(C)C(C)NCc1cnn(C)c1. The summed E-state index contributed by atoms with van der Waals surface area (Å²) in [5.41, 5.74) is 1.25. The second-order valence-electron chi connectivity index (χ2n) is 3.94. The maximum atomic E-state index is 4.12. The zero-order chi connectivity index (χ0) is 9.84. The topological polar surface area (TPSA) is 29.9 Å². The molecule has 1 heterocycles. The maximum absolute atomic E-state index is 4.12. The van der Waals surface area contributed by atoms with E-state index in [0.29, 0.717) is 12.0 Å². The van der Waals surface area contributed by atoms with Crippen molar-refractivity contribution in [3.05, 3.63) is 18.0 Å². The average molecular weight is 181 g/mol. The molecule has 0 aliphatic heterocycles. The monoisotopic (exact) mass is 181 g/mol. The average Bonchev–Trinajstić information content (AvgIpc) is 2.47. The molecule has 0 aromatic carbocycles. The molecule has 1 rings (SSSR count). The van der Waals surface area contributed by atoms with E-state index >= 15 is 0 Å². The van der Waals surface area contributed by atoms with Gasteiger partial charge in [0.05, 0.1) is 6.20 Å². The van der Waals surface area contributed by atoms with Crippen molar-refractivity contribution in [1.29, 1.82) is 0 Å². The molecule has 0 aliphatic rings. The summed E-state index contributed by atoms with van der Waals surface area (Å²) in [4.78, 5) is 0. The number of hydrogen-bond donors (Lipinski definition) is 1. The van der Waals surface area contributed by atoms with Crippen LogP contribution in [0.25, 0.3) is 0 Å². The van der Waals surface area contributed by atoms with Crippen molar-refractivity contribution >= 4 is 0 Å². The summed E-state index contributed by atoms with van der Waals surface area (Å²) < 4.78 is 1.83. The minimum absolute atomic E-state index is 0.556.